The molecule has 3 aliphatic rings. The molecule has 0 spiro atoms. The molecule has 2 aliphatic carbocycles. The highest BCUT2D eigenvalue weighted by Gasteiger charge is 2.52. The Morgan fingerprint density at radius 1 is 1.06 bits per heavy atom. The number of hydrogen-bond donors (Lipinski definition) is 3. The van der Waals surface area contributed by atoms with Gasteiger partial charge in [0.2, 0.25) is 27.7 Å². The number of benzene rings is 2. The number of oxazole rings is 1. The summed E-state index contributed by atoms with van der Waals surface area (Å²) in [6, 6.07) is 11.5. The molecular weight excluding hydrogens is 843 g/mol. The number of carbonyl (C=O) groups excluding carboxylic acids is 3. The van der Waals surface area contributed by atoms with E-state index in [-0.39, 0.29) is 42.6 Å². The molecule has 2 aromatic carbocycles. The summed E-state index contributed by atoms with van der Waals surface area (Å²) < 4.78 is 44.7. The zero-order valence-corrected chi connectivity index (χ0v) is 37.9. The number of nitrogens with zero attached hydrogens (tertiary/aromatic N) is 4. The molecule has 8 rings (SSSR count). The molecule has 1 saturated heterocycles. The molecule has 4 N–H and O–H groups in total. The lowest BCUT2D eigenvalue weighted by atomic mass is 10.0. The van der Waals surface area contributed by atoms with E-state index in [0.717, 1.165) is 40.9 Å². The first-order chi connectivity index (χ1) is 30.1. The van der Waals surface area contributed by atoms with Crippen molar-refractivity contribution in [2.24, 2.45) is 17.6 Å². The second kappa shape index (κ2) is 17.9. The van der Waals surface area contributed by atoms with Gasteiger partial charge in [-0.05, 0) is 88.5 Å². The lowest BCUT2D eigenvalue weighted by molar-refractivity contribution is -0.138. The van der Waals surface area contributed by atoms with Crippen LogP contribution < -0.4 is 25.2 Å². The van der Waals surface area contributed by atoms with Crippen LogP contribution in [0.4, 0.5) is 6.01 Å². The molecular formula is C46H55N7O8S2. The van der Waals surface area contributed by atoms with Crippen LogP contribution in [0.25, 0.3) is 32.7 Å². The first-order valence-electron chi connectivity index (χ1n) is 21.7. The number of amides is 3. The Balaban J connectivity index is 0.945. The number of para-hydroxylation sites is 2. The Morgan fingerprint density at radius 2 is 1.86 bits per heavy atom. The Bertz CT molecular complexity index is 2640. The van der Waals surface area contributed by atoms with Crippen molar-refractivity contribution in [2.45, 2.75) is 114 Å². The number of unbranched alkanes of at least 4 members (excludes halogenated alkanes) is 3. The SMILES string of the molecule is COc1ccc2c(OC3C[C@@H](C(N)=O)N(C(=O)[C@H](CCCCC/C=C\[C@@H]4C[C@@H]4C(=O)NS(=O)(=O)C4(C)CC4)Nc4nc5ccccc5o4)C3)cc(-c3nc(C(C)C)cs3)nc2c1C. The normalized spacial score (nSPS) is 21.0. The zero-order valence-electron chi connectivity index (χ0n) is 36.3. The highest BCUT2D eigenvalue weighted by atomic mass is 32.2. The Labute approximate surface area is 371 Å². The van der Waals surface area contributed by atoms with Crippen LogP contribution in [0.15, 0.2) is 64.4 Å². The highest BCUT2D eigenvalue weighted by molar-refractivity contribution is 7.91. The van der Waals surface area contributed by atoms with Crippen molar-refractivity contribution < 1.29 is 36.7 Å². The van der Waals surface area contributed by atoms with E-state index in [9.17, 15) is 22.8 Å². The van der Waals surface area contributed by atoms with Crippen LogP contribution in [-0.4, -0.2) is 82.6 Å². The number of carbonyl (C=O) groups is 3. The smallest absolute Gasteiger partial charge is 0.296 e. The van der Waals surface area contributed by atoms with E-state index < -0.39 is 44.8 Å². The molecule has 5 atom stereocenters. The number of anilines is 1. The molecule has 3 aromatic heterocycles. The lowest BCUT2D eigenvalue weighted by Gasteiger charge is -2.27. The number of aryl methyl sites for hydroxylation is 1. The average Bonchev–Trinajstić information content (AvgIpc) is 3.99. The maximum absolute atomic E-state index is 14.6. The molecule has 334 valence electrons. The third-order valence-corrected chi connectivity index (χ3v) is 15.6. The Hall–Kier alpha value is -5.55. The summed E-state index contributed by atoms with van der Waals surface area (Å²) in [6.07, 6.45) is 8.99. The molecule has 4 heterocycles. The van der Waals surface area contributed by atoms with Crippen LogP contribution in [-0.2, 0) is 24.4 Å². The van der Waals surface area contributed by atoms with Crippen LogP contribution in [0.3, 0.4) is 0 Å². The number of sulfonamides is 1. The maximum atomic E-state index is 14.6. The molecule has 15 nitrogen and oxygen atoms in total. The van der Waals surface area contributed by atoms with E-state index >= 15 is 0 Å². The van der Waals surface area contributed by atoms with E-state index in [2.05, 4.69) is 28.9 Å². The molecule has 3 fully saturated rings. The van der Waals surface area contributed by atoms with Gasteiger partial charge in [0.25, 0.3) is 6.01 Å². The van der Waals surface area contributed by atoms with Gasteiger partial charge in [-0.25, -0.2) is 18.4 Å². The van der Waals surface area contributed by atoms with E-state index in [1.165, 1.54) is 16.2 Å². The van der Waals surface area contributed by atoms with Crippen molar-refractivity contribution in [3.63, 3.8) is 0 Å². The Kier molecular flexibility index (Phi) is 12.5. The molecule has 0 bridgehead atoms. The molecule has 0 radical (unpaired) electrons. The predicted octanol–water partition coefficient (Wildman–Crippen LogP) is 7.40. The topological polar surface area (TPSA) is 209 Å². The van der Waals surface area contributed by atoms with Gasteiger partial charge in [0, 0.05) is 34.7 Å². The van der Waals surface area contributed by atoms with Crippen LogP contribution in [0.2, 0.25) is 0 Å². The van der Waals surface area contributed by atoms with Crippen LogP contribution in [0.5, 0.6) is 11.5 Å². The Morgan fingerprint density at radius 3 is 2.57 bits per heavy atom. The van der Waals surface area contributed by atoms with Gasteiger partial charge in [0.15, 0.2) is 5.58 Å². The summed E-state index contributed by atoms with van der Waals surface area (Å²) in [7, 11) is -2.02. The quantitative estimate of drug-likeness (QED) is 0.0547. The zero-order chi connectivity index (χ0) is 44.6. The fraction of sp³-hybridized carbons (Fsp3) is 0.478. The van der Waals surface area contributed by atoms with Crippen molar-refractivity contribution in [1.29, 1.82) is 0 Å². The monoisotopic (exact) mass is 897 g/mol. The summed E-state index contributed by atoms with van der Waals surface area (Å²) in [6.45, 7) is 7.92. The fourth-order valence-electron chi connectivity index (χ4n) is 8.16. The van der Waals surface area contributed by atoms with Crippen LogP contribution in [0, 0.1) is 18.8 Å². The third-order valence-electron chi connectivity index (χ3n) is 12.5. The minimum absolute atomic E-state index is 0.0316. The highest BCUT2D eigenvalue weighted by Crippen LogP contribution is 2.44. The minimum atomic E-state index is -3.64. The second-order valence-electron chi connectivity index (χ2n) is 17.6. The number of hydrogen-bond acceptors (Lipinski definition) is 13. The first kappa shape index (κ1) is 44.1. The van der Waals surface area contributed by atoms with Crippen molar-refractivity contribution in [1.82, 2.24) is 24.6 Å². The van der Waals surface area contributed by atoms with Crippen molar-refractivity contribution in [2.75, 3.05) is 19.0 Å². The molecule has 3 amide bonds. The molecule has 5 aromatic rings. The van der Waals surface area contributed by atoms with Crippen molar-refractivity contribution >= 4 is 67.1 Å². The summed E-state index contributed by atoms with van der Waals surface area (Å²) in [4.78, 5) is 56.2. The summed E-state index contributed by atoms with van der Waals surface area (Å²) in [5, 5.41) is 6.79. The number of thiazole rings is 1. The number of pyridine rings is 1. The predicted molar refractivity (Wildman–Crippen MR) is 242 cm³/mol. The number of likely N-dealkylation sites (tertiary alicyclic amines) is 1. The van der Waals surface area contributed by atoms with Gasteiger partial charge >= 0.3 is 0 Å². The molecule has 1 unspecified atom stereocenters. The number of allylic oxidation sites excluding steroid dienone is 2. The molecule has 2 saturated carbocycles. The number of methoxy groups -OCH3 is 1. The first-order valence-corrected chi connectivity index (χ1v) is 24.1. The summed E-state index contributed by atoms with van der Waals surface area (Å²) in [5.41, 5.74) is 10.4. The molecule has 1 aliphatic heterocycles. The van der Waals surface area contributed by atoms with E-state index in [1.807, 2.05) is 60.9 Å². The van der Waals surface area contributed by atoms with Gasteiger partial charge < -0.3 is 29.8 Å². The second-order valence-corrected chi connectivity index (χ2v) is 20.6. The maximum Gasteiger partial charge on any atom is 0.296 e. The number of nitrogens with two attached hydrogens (primary N) is 1. The number of nitrogens with one attached hydrogen (secondary N) is 2. The van der Waals surface area contributed by atoms with Gasteiger partial charge in [0.1, 0.15) is 45.9 Å². The number of primary amides is 1. The third kappa shape index (κ3) is 9.54. The lowest BCUT2D eigenvalue weighted by Crippen LogP contribution is -2.49. The number of aromatic nitrogens is 3. The van der Waals surface area contributed by atoms with E-state index in [1.54, 1.807) is 20.1 Å². The number of ether oxygens (including phenoxy) is 2. The van der Waals surface area contributed by atoms with Crippen LogP contribution in [0.1, 0.15) is 95.7 Å². The number of fused-ring (bicyclic) bond motifs is 2. The number of rotatable bonds is 19. The van der Waals surface area contributed by atoms with E-state index in [0.29, 0.717) is 65.9 Å². The van der Waals surface area contributed by atoms with Gasteiger partial charge in [-0.1, -0.05) is 51.0 Å². The average molecular weight is 898 g/mol. The van der Waals surface area contributed by atoms with Gasteiger partial charge in [-0.3, -0.25) is 19.1 Å². The molecule has 17 heteroatoms. The molecule has 63 heavy (non-hydrogen) atoms. The van der Waals surface area contributed by atoms with E-state index in [4.69, 9.17) is 29.6 Å². The van der Waals surface area contributed by atoms with Gasteiger partial charge in [-0.15, -0.1) is 11.3 Å². The van der Waals surface area contributed by atoms with Gasteiger partial charge in [-0.2, -0.15) is 4.98 Å². The van der Waals surface area contributed by atoms with Crippen molar-refractivity contribution in [3.8, 4) is 22.2 Å². The standard InChI is InChI=1S/C46H55N7O8S2/c1-26(2)35-25-62-43(49-35)34-23-39(30-17-18-37(59-5)27(3)40(30)48-34)60-29-22-36(41(47)54)53(24-29)44(56)33(51-45-50-32-14-11-12-16-38(32)61-45)15-10-8-6-7-9-13-28-21-31(28)42(55)52-63(57,58)46(4)19-20-46/h9,11-14,16-18,23,25-26,28-29,31,33,36H,6-8,10,15,19-22,24H2,1-5H3,(H2,47,54)(H,50,51)(H,52,55)/b13-9-/t28-,29?,31+,33+,36+/m1/s1. The largest absolute Gasteiger partial charge is 0.496 e. The van der Waals surface area contributed by atoms with Crippen molar-refractivity contribution in [3.05, 3.63) is 71.3 Å². The summed E-state index contributed by atoms with van der Waals surface area (Å²) in [5.74, 6) is -0.155. The van der Waals surface area contributed by atoms with Gasteiger partial charge in [0.05, 0.1) is 29.6 Å². The van der Waals surface area contributed by atoms with Crippen LogP contribution >= 0.6 is 11.3 Å². The minimum Gasteiger partial charge on any atom is -0.496 e. The summed E-state index contributed by atoms with van der Waals surface area (Å²) >= 11 is 1.51. The fourth-order valence-corrected chi connectivity index (χ4v) is 10.4.